The number of rotatable bonds is 15. The number of nitrogens with one attached hydrogen (secondary N) is 4. The van der Waals surface area contributed by atoms with Gasteiger partial charge in [-0.15, -0.1) is 0 Å². The molecule has 2 aromatic heterocycles. The second-order valence-electron chi connectivity index (χ2n) is 18.2. The van der Waals surface area contributed by atoms with E-state index < -0.39 is 0 Å². The molecule has 2 heterocycles. The fraction of sp³-hybridized carbons (Fsp3) is 0.333. The van der Waals surface area contributed by atoms with Crippen molar-refractivity contribution < 1.29 is 5.11 Å². The fourth-order valence-corrected chi connectivity index (χ4v) is 9.93. The molecule has 2 fully saturated rings. The molecule has 0 bridgehead atoms. The van der Waals surface area contributed by atoms with Gasteiger partial charge in [-0.25, -0.2) is 9.97 Å². The van der Waals surface area contributed by atoms with Crippen LogP contribution in [0.3, 0.4) is 0 Å². The lowest BCUT2D eigenvalue weighted by molar-refractivity contribution is 0.279. The first-order valence-electron chi connectivity index (χ1n) is 22.8. The molecule has 5 aromatic carbocycles. The summed E-state index contributed by atoms with van der Waals surface area (Å²) in [5, 5.41) is 26.0. The largest absolute Gasteiger partial charge is 0.392 e. The molecule has 64 heavy (non-hydrogen) atoms. The summed E-state index contributed by atoms with van der Waals surface area (Å²) in [7, 11) is 0. The zero-order valence-corrected chi connectivity index (χ0v) is 38.8. The summed E-state index contributed by atoms with van der Waals surface area (Å²) in [6.07, 6.45) is 7.35. The van der Waals surface area contributed by atoms with Crippen LogP contribution in [0.5, 0.6) is 0 Å². The molecule has 0 spiro atoms. The van der Waals surface area contributed by atoms with Gasteiger partial charge in [-0.2, -0.15) is 9.97 Å². The predicted molar refractivity (Wildman–Crippen MR) is 268 cm³/mol. The Morgan fingerprint density at radius 1 is 0.703 bits per heavy atom. The van der Waals surface area contributed by atoms with E-state index in [-0.39, 0.29) is 6.61 Å². The predicted octanol–water partition coefficient (Wildman–Crippen LogP) is 13.4. The summed E-state index contributed by atoms with van der Waals surface area (Å²) in [6, 6.07) is 41.6. The zero-order valence-electron chi connectivity index (χ0n) is 38.0. The van der Waals surface area contributed by atoms with Crippen molar-refractivity contribution in [3.05, 3.63) is 150 Å². The van der Waals surface area contributed by atoms with E-state index in [0.717, 1.165) is 66.6 Å². The summed E-state index contributed by atoms with van der Waals surface area (Å²) >= 11 is 1.67. The van der Waals surface area contributed by atoms with Gasteiger partial charge in [-0.3, -0.25) is 0 Å². The van der Waals surface area contributed by atoms with Crippen molar-refractivity contribution in [3.63, 3.8) is 0 Å². The third-order valence-electron chi connectivity index (χ3n) is 12.6. The maximum absolute atomic E-state index is 9.68. The number of aromatic nitrogens is 4. The Morgan fingerprint density at radius 3 is 1.94 bits per heavy atom. The standard InChI is InChI=1S/C27H28N4OS.C27H34N4/c32-18-20-10-2-8-16-25(20)33-24-15-7-1-9-19(24)17-28-27-30-23-14-6-5-13-22(23)26(31-27)29-21-11-3-4-12-21;1-17(2)15-21-22(27(21,5)6)16-28-26-30-24-14-10-8-12-20(24)25(31-26)29-23-13-9-7-11-19(23)18(3)4/h1-2,5-10,13-16,21,32H,3-4,11-12,17-18H2,(H2,28,29,30,31);7-15,18,21-22H,16H2,1-6H3,(H2,28,29,30,31). The smallest absolute Gasteiger partial charge is 0.225 e. The van der Waals surface area contributed by atoms with Crippen LogP contribution in [0.2, 0.25) is 0 Å². The first-order valence-corrected chi connectivity index (χ1v) is 23.6. The molecular formula is C54H62N8OS. The number of para-hydroxylation sites is 3. The highest BCUT2D eigenvalue weighted by molar-refractivity contribution is 7.99. The average molecular weight is 871 g/mol. The van der Waals surface area contributed by atoms with E-state index in [1.807, 2.05) is 66.7 Å². The molecular weight excluding hydrogens is 809 g/mol. The van der Waals surface area contributed by atoms with Gasteiger partial charge in [0, 0.05) is 45.4 Å². The fourth-order valence-electron chi connectivity index (χ4n) is 8.87. The Labute approximate surface area is 383 Å². The molecule has 9 nitrogen and oxygen atoms in total. The molecule has 7 aromatic rings. The van der Waals surface area contributed by atoms with Crippen LogP contribution in [-0.4, -0.2) is 37.6 Å². The van der Waals surface area contributed by atoms with Gasteiger partial charge < -0.3 is 26.4 Å². The molecule has 2 aliphatic carbocycles. The van der Waals surface area contributed by atoms with Crippen LogP contribution in [0.15, 0.2) is 143 Å². The second kappa shape index (κ2) is 20.2. The van der Waals surface area contributed by atoms with Crippen molar-refractivity contribution in [1.82, 2.24) is 19.9 Å². The molecule has 330 valence electrons. The van der Waals surface area contributed by atoms with Crippen LogP contribution < -0.4 is 21.3 Å². The van der Waals surface area contributed by atoms with Gasteiger partial charge in [-0.1, -0.05) is 143 Å². The Hall–Kier alpha value is -5.97. The average Bonchev–Trinajstić information content (AvgIpc) is 3.54. The molecule has 5 N–H and O–H groups in total. The van der Waals surface area contributed by atoms with Crippen LogP contribution in [0.1, 0.15) is 89.8 Å². The second-order valence-corrected chi connectivity index (χ2v) is 19.3. The van der Waals surface area contributed by atoms with Crippen LogP contribution >= 0.6 is 11.8 Å². The number of aliphatic hydroxyl groups is 1. The summed E-state index contributed by atoms with van der Waals surface area (Å²) < 4.78 is 0. The van der Waals surface area contributed by atoms with Gasteiger partial charge in [-0.05, 0) is 109 Å². The molecule has 2 aliphatic rings. The van der Waals surface area contributed by atoms with Gasteiger partial charge in [0.25, 0.3) is 0 Å². The van der Waals surface area contributed by atoms with E-state index in [9.17, 15) is 5.11 Å². The lowest BCUT2D eigenvalue weighted by Crippen LogP contribution is -2.17. The first-order chi connectivity index (χ1) is 31.1. The molecule has 2 saturated carbocycles. The number of allylic oxidation sites excluding steroid dienone is 2. The van der Waals surface area contributed by atoms with E-state index in [1.165, 1.54) is 36.8 Å². The molecule has 2 atom stereocenters. The number of nitrogens with zero attached hydrogens (tertiary/aromatic N) is 4. The monoisotopic (exact) mass is 870 g/mol. The Kier molecular flexibility index (Phi) is 14.1. The van der Waals surface area contributed by atoms with Crippen molar-refractivity contribution in [1.29, 1.82) is 0 Å². The molecule has 2 unspecified atom stereocenters. The van der Waals surface area contributed by atoms with E-state index in [0.29, 0.717) is 47.7 Å². The molecule has 10 heteroatoms. The van der Waals surface area contributed by atoms with Crippen molar-refractivity contribution >= 4 is 62.8 Å². The number of fused-ring (bicyclic) bond motifs is 2. The number of aliphatic hydroxyl groups excluding tert-OH is 1. The topological polar surface area (TPSA) is 120 Å². The van der Waals surface area contributed by atoms with Gasteiger partial charge in [0.2, 0.25) is 11.9 Å². The van der Waals surface area contributed by atoms with Gasteiger partial charge in [0.15, 0.2) is 0 Å². The third-order valence-corrected chi connectivity index (χ3v) is 13.9. The van der Waals surface area contributed by atoms with Crippen LogP contribution in [0.4, 0.5) is 29.2 Å². The normalized spacial score (nSPS) is 16.6. The maximum atomic E-state index is 9.68. The number of anilines is 5. The van der Waals surface area contributed by atoms with Crippen LogP contribution in [0, 0.1) is 17.3 Å². The van der Waals surface area contributed by atoms with Gasteiger partial charge >= 0.3 is 0 Å². The number of benzene rings is 5. The minimum Gasteiger partial charge on any atom is -0.392 e. The van der Waals surface area contributed by atoms with Crippen molar-refractivity contribution in [2.24, 2.45) is 17.3 Å². The Balaban J connectivity index is 0.000000175. The minimum atomic E-state index is 0.0330. The van der Waals surface area contributed by atoms with E-state index in [2.05, 4.69) is 123 Å². The molecule has 0 radical (unpaired) electrons. The maximum Gasteiger partial charge on any atom is 0.225 e. The third kappa shape index (κ3) is 10.7. The van der Waals surface area contributed by atoms with Crippen molar-refractivity contribution in [2.75, 3.05) is 27.8 Å². The first kappa shape index (κ1) is 44.6. The molecule has 0 amide bonds. The van der Waals surface area contributed by atoms with E-state index >= 15 is 0 Å². The molecule has 0 aliphatic heterocycles. The molecule has 9 rings (SSSR count). The van der Waals surface area contributed by atoms with E-state index in [4.69, 9.17) is 19.9 Å². The summed E-state index contributed by atoms with van der Waals surface area (Å²) in [4.78, 5) is 21.5. The van der Waals surface area contributed by atoms with Gasteiger partial charge in [0.1, 0.15) is 11.6 Å². The lowest BCUT2D eigenvalue weighted by atomic mass is 10.0. The number of hydrogen-bond donors (Lipinski definition) is 5. The summed E-state index contributed by atoms with van der Waals surface area (Å²) in [5.74, 6) is 4.70. The Bertz CT molecular complexity index is 2720. The SMILES string of the molecule is CC(C)=CC1C(CNc2nc(Nc3ccccc3C(C)C)c3ccccc3n2)C1(C)C.OCc1ccccc1Sc1ccccc1CNc1nc(NC2CCCC2)c2ccccc2n1. The zero-order chi connectivity index (χ0) is 44.6. The van der Waals surface area contributed by atoms with Crippen molar-refractivity contribution in [2.45, 2.75) is 102 Å². The summed E-state index contributed by atoms with van der Waals surface area (Å²) in [5.41, 5.74) is 8.07. The summed E-state index contributed by atoms with van der Waals surface area (Å²) in [6.45, 7) is 15.0. The highest BCUT2D eigenvalue weighted by atomic mass is 32.2. The highest BCUT2D eigenvalue weighted by Gasteiger charge is 2.55. The molecule has 0 saturated heterocycles. The minimum absolute atomic E-state index is 0.0330. The quantitative estimate of drug-likeness (QED) is 0.0637. The Morgan fingerprint density at radius 2 is 1.27 bits per heavy atom. The number of hydrogen-bond acceptors (Lipinski definition) is 10. The van der Waals surface area contributed by atoms with E-state index in [1.54, 1.807) is 11.8 Å². The highest BCUT2D eigenvalue weighted by Crippen LogP contribution is 2.59. The van der Waals surface area contributed by atoms with Gasteiger partial charge in [0.05, 0.1) is 17.6 Å². The van der Waals surface area contributed by atoms with Crippen molar-refractivity contribution in [3.8, 4) is 0 Å². The lowest BCUT2D eigenvalue weighted by Gasteiger charge is -2.16. The van der Waals surface area contributed by atoms with Crippen LogP contribution in [0.25, 0.3) is 21.8 Å². The van der Waals surface area contributed by atoms with Crippen LogP contribution in [-0.2, 0) is 13.2 Å².